The van der Waals surface area contributed by atoms with Gasteiger partial charge in [-0.3, -0.25) is 9.80 Å². The van der Waals surface area contributed by atoms with Crippen LogP contribution in [0.5, 0.6) is 0 Å². The van der Waals surface area contributed by atoms with E-state index in [1.807, 2.05) is 0 Å². The third-order valence-corrected chi connectivity index (χ3v) is 7.16. The van der Waals surface area contributed by atoms with Crippen molar-refractivity contribution in [2.75, 3.05) is 52.6 Å². The number of nitrogens with zero attached hydrogens (tertiary/aromatic N) is 2. The SMILES string of the molecule is Cc1c(C)c(CN(CC2CO2)CC2CO2)c(C)c(C)c1CN(CC1CO1)CC1CO1. The molecule has 0 spiro atoms. The predicted molar refractivity (Wildman–Crippen MR) is 115 cm³/mol. The molecule has 0 bridgehead atoms. The molecule has 4 aliphatic rings. The fraction of sp³-hybridized carbons (Fsp3) is 0.750. The Balaban J connectivity index is 1.35. The highest BCUT2D eigenvalue weighted by Gasteiger charge is 2.33. The molecule has 4 heterocycles. The van der Waals surface area contributed by atoms with Gasteiger partial charge in [-0.1, -0.05) is 0 Å². The van der Waals surface area contributed by atoms with Crippen molar-refractivity contribution >= 4 is 0 Å². The Morgan fingerprint density at radius 3 is 0.967 bits per heavy atom. The van der Waals surface area contributed by atoms with E-state index in [-0.39, 0.29) is 0 Å². The first-order valence-corrected chi connectivity index (χ1v) is 11.5. The van der Waals surface area contributed by atoms with Crippen molar-refractivity contribution in [1.82, 2.24) is 9.80 Å². The van der Waals surface area contributed by atoms with Crippen LogP contribution in [0.1, 0.15) is 33.4 Å². The average molecular weight is 417 g/mol. The van der Waals surface area contributed by atoms with E-state index >= 15 is 0 Å². The Labute approximate surface area is 180 Å². The normalized spacial score (nSPS) is 29.0. The molecule has 0 saturated carbocycles. The molecule has 1 aromatic carbocycles. The first kappa shape index (κ1) is 20.9. The highest BCUT2D eigenvalue weighted by atomic mass is 16.6. The summed E-state index contributed by atoms with van der Waals surface area (Å²) in [4.78, 5) is 5.06. The van der Waals surface area contributed by atoms with Gasteiger partial charge in [0.15, 0.2) is 0 Å². The van der Waals surface area contributed by atoms with Crippen LogP contribution in [0.2, 0.25) is 0 Å². The smallest absolute Gasteiger partial charge is 0.0936 e. The zero-order valence-electron chi connectivity index (χ0n) is 18.9. The first-order chi connectivity index (χ1) is 14.5. The molecule has 4 atom stereocenters. The van der Waals surface area contributed by atoms with Crippen LogP contribution >= 0.6 is 0 Å². The van der Waals surface area contributed by atoms with Crippen molar-refractivity contribution in [2.24, 2.45) is 0 Å². The van der Waals surface area contributed by atoms with E-state index in [0.717, 1.165) is 65.7 Å². The number of hydrogen-bond acceptors (Lipinski definition) is 6. The van der Waals surface area contributed by atoms with Crippen LogP contribution in [0.15, 0.2) is 0 Å². The Kier molecular flexibility index (Phi) is 5.90. The van der Waals surface area contributed by atoms with Crippen LogP contribution in [0.3, 0.4) is 0 Å². The van der Waals surface area contributed by atoms with E-state index in [1.165, 1.54) is 33.4 Å². The van der Waals surface area contributed by atoms with Gasteiger partial charge < -0.3 is 18.9 Å². The Morgan fingerprint density at radius 2 is 0.767 bits per heavy atom. The Morgan fingerprint density at radius 1 is 0.533 bits per heavy atom. The lowest BCUT2D eigenvalue weighted by Crippen LogP contribution is -2.33. The summed E-state index contributed by atoms with van der Waals surface area (Å²) in [6.45, 7) is 18.8. The van der Waals surface area contributed by atoms with E-state index in [1.54, 1.807) is 0 Å². The molecule has 0 aliphatic carbocycles. The minimum atomic E-state index is 0.411. The van der Waals surface area contributed by atoms with Crippen molar-refractivity contribution in [3.63, 3.8) is 0 Å². The molecule has 4 unspecified atom stereocenters. The number of hydrogen-bond donors (Lipinski definition) is 0. The van der Waals surface area contributed by atoms with E-state index in [2.05, 4.69) is 37.5 Å². The summed E-state index contributed by atoms with van der Waals surface area (Å²) in [7, 11) is 0. The molecule has 30 heavy (non-hydrogen) atoms. The van der Waals surface area contributed by atoms with Crippen molar-refractivity contribution in [3.8, 4) is 0 Å². The average Bonchev–Trinajstić information content (AvgIpc) is 3.54. The fourth-order valence-corrected chi connectivity index (χ4v) is 4.64. The number of benzene rings is 1. The maximum atomic E-state index is 5.51. The molecule has 0 amide bonds. The molecule has 1 aromatic rings. The largest absolute Gasteiger partial charge is 0.372 e. The van der Waals surface area contributed by atoms with Gasteiger partial charge in [-0.15, -0.1) is 0 Å². The van der Waals surface area contributed by atoms with E-state index in [9.17, 15) is 0 Å². The fourth-order valence-electron chi connectivity index (χ4n) is 4.64. The van der Waals surface area contributed by atoms with E-state index < -0.39 is 0 Å². The van der Waals surface area contributed by atoms with Crippen LogP contribution < -0.4 is 0 Å². The Bertz CT molecular complexity index is 660. The van der Waals surface area contributed by atoms with Gasteiger partial charge in [0.1, 0.15) is 0 Å². The predicted octanol–water partition coefficient (Wildman–Crippen LogP) is 2.12. The highest BCUT2D eigenvalue weighted by Crippen LogP contribution is 2.30. The third kappa shape index (κ3) is 5.23. The van der Waals surface area contributed by atoms with Gasteiger partial charge >= 0.3 is 0 Å². The molecule has 5 rings (SSSR count). The van der Waals surface area contributed by atoms with Gasteiger partial charge in [-0.05, 0) is 61.1 Å². The van der Waals surface area contributed by atoms with Crippen molar-refractivity contribution in [3.05, 3.63) is 33.4 Å². The van der Waals surface area contributed by atoms with E-state index in [4.69, 9.17) is 18.9 Å². The summed E-state index contributed by atoms with van der Waals surface area (Å²) < 4.78 is 22.1. The summed E-state index contributed by atoms with van der Waals surface area (Å²) >= 11 is 0. The van der Waals surface area contributed by atoms with Gasteiger partial charge in [0.25, 0.3) is 0 Å². The summed E-state index contributed by atoms with van der Waals surface area (Å²) in [6.07, 6.45) is 1.64. The van der Waals surface area contributed by atoms with Crippen LogP contribution in [-0.2, 0) is 32.0 Å². The molecular weight excluding hydrogens is 380 g/mol. The van der Waals surface area contributed by atoms with Gasteiger partial charge in [0.2, 0.25) is 0 Å². The van der Waals surface area contributed by atoms with Gasteiger partial charge in [0.05, 0.1) is 50.8 Å². The number of ether oxygens (including phenoxy) is 4. The number of epoxide rings is 4. The molecule has 6 nitrogen and oxygen atoms in total. The second-order valence-corrected chi connectivity index (χ2v) is 9.67. The third-order valence-electron chi connectivity index (χ3n) is 7.16. The molecule has 4 aliphatic heterocycles. The molecular formula is C24H36N2O4. The molecule has 4 saturated heterocycles. The zero-order chi connectivity index (χ0) is 20.8. The van der Waals surface area contributed by atoms with Crippen LogP contribution in [0.25, 0.3) is 0 Å². The molecule has 0 radical (unpaired) electrons. The van der Waals surface area contributed by atoms with Gasteiger partial charge in [-0.25, -0.2) is 0 Å². The first-order valence-electron chi connectivity index (χ1n) is 11.5. The van der Waals surface area contributed by atoms with Gasteiger partial charge in [0, 0.05) is 39.3 Å². The summed E-state index contributed by atoms with van der Waals surface area (Å²) in [6, 6.07) is 0. The minimum absolute atomic E-state index is 0.411. The molecule has 166 valence electrons. The maximum Gasteiger partial charge on any atom is 0.0936 e. The summed E-state index contributed by atoms with van der Waals surface area (Å²) in [5.74, 6) is 0. The molecule has 0 N–H and O–H groups in total. The van der Waals surface area contributed by atoms with Crippen molar-refractivity contribution in [1.29, 1.82) is 0 Å². The quantitative estimate of drug-likeness (QED) is 0.487. The van der Waals surface area contributed by atoms with E-state index in [0.29, 0.717) is 24.4 Å². The monoisotopic (exact) mass is 416 g/mol. The maximum absolute atomic E-state index is 5.51. The zero-order valence-corrected chi connectivity index (χ0v) is 18.9. The second-order valence-electron chi connectivity index (χ2n) is 9.67. The minimum Gasteiger partial charge on any atom is -0.372 e. The van der Waals surface area contributed by atoms with Crippen LogP contribution in [0.4, 0.5) is 0 Å². The highest BCUT2D eigenvalue weighted by molar-refractivity contribution is 5.50. The summed E-state index contributed by atoms with van der Waals surface area (Å²) in [5.41, 5.74) is 8.73. The molecule has 4 fully saturated rings. The Hall–Kier alpha value is -1.02. The number of rotatable bonds is 12. The standard InChI is InChI=1S/C24H36N2O4/c1-15-16(2)24(10-26(7-21-13-29-21)8-22-14-30-22)18(4)17(3)23(15)9-25(5-19-11-27-19)6-20-12-28-20/h19-22H,5-14H2,1-4H3. The molecule has 0 aromatic heterocycles. The topological polar surface area (TPSA) is 56.6 Å². The molecule has 6 heteroatoms. The lowest BCUT2D eigenvalue weighted by atomic mass is 9.88. The van der Waals surface area contributed by atoms with Gasteiger partial charge in [-0.2, -0.15) is 0 Å². The van der Waals surface area contributed by atoms with Crippen molar-refractivity contribution in [2.45, 2.75) is 65.2 Å². The lowest BCUT2D eigenvalue weighted by molar-refractivity contribution is 0.210. The van der Waals surface area contributed by atoms with Crippen LogP contribution in [0, 0.1) is 27.7 Å². The van der Waals surface area contributed by atoms with Crippen LogP contribution in [-0.4, -0.2) is 86.8 Å². The lowest BCUT2D eigenvalue weighted by Gasteiger charge is -2.28. The van der Waals surface area contributed by atoms with Crippen molar-refractivity contribution < 1.29 is 18.9 Å². The summed E-state index contributed by atoms with van der Waals surface area (Å²) in [5, 5.41) is 0. The second kappa shape index (κ2) is 8.49.